The first-order chi connectivity index (χ1) is 11.0. The standard InChI is InChI=1S/C18H19FN2O2/c1-13(18(23)14-6-5-7-15(19)11-14)10-17(22)21(2)12-16-8-3-4-9-20-16/h3-9,11,13H,10,12H2,1-2H3/t13-/m1/s1. The van der Waals surface area contributed by atoms with Crippen LogP contribution in [0.5, 0.6) is 0 Å². The van der Waals surface area contributed by atoms with Crippen LogP contribution in [0.4, 0.5) is 4.39 Å². The van der Waals surface area contributed by atoms with Gasteiger partial charge in [0.05, 0.1) is 12.2 Å². The van der Waals surface area contributed by atoms with Crippen molar-refractivity contribution < 1.29 is 14.0 Å². The van der Waals surface area contributed by atoms with Gasteiger partial charge in [-0.05, 0) is 24.3 Å². The van der Waals surface area contributed by atoms with Crippen LogP contribution in [0.2, 0.25) is 0 Å². The van der Waals surface area contributed by atoms with Gasteiger partial charge < -0.3 is 4.90 Å². The van der Waals surface area contributed by atoms with Crippen LogP contribution in [0.1, 0.15) is 29.4 Å². The molecule has 0 N–H and O–H groups in total. The van der Waals surface area contributed by atoms with Crippen LogP contribution in [-0.2, 0) is 11.3 Å². The Morgan fingerprint density at radius 3 is 2.65 bits per heavy atom. The number of amides is 1. The second-order valence-electron chi connectivity index (χ2n) is 5.55. The van der Waals surface area contributed by atoms with E-state index in [0.717, 1.165) is 5.69 Å². The Labute approximate surface area is 135 Å². The summed E-state index contributed by atoms with van der Waals surface area (Å²) >= 11 is 0. The predicted molar refractivity (Wildman–Crippen MR) is 85.2 cm³/mol. The van der Waals surface area contributed by atoms with Gasteiger partial charge in [0, 0.05) is 31.1 Å². The summed E-state index contributed by atoms with van der Waals surface area (Å²) in [5, 5.41) is 0. The Balaban J connectivity index is 1.95. The van der Waals surface area contributed by atoms with Crippen molar-refractivity contribution in [2.24, 2.45) is 5.92 Å². The van der Waals surface area contributed by atoms with Gasteiger partial charge in [0.15, 0.2) is 5.78 Å². The molecule has 0 aliphatic heterocycles. The fraction of sp³-hybridized carbons (Fsp3) is 0.278. The van der Waals surface area contributed by atoms with E-state index in [1.165, 1.54) is 23.1 Å². The lowest BCUT2D eigenvalue weighted by Crippen LogP contribution is -2.29. The number of Topliss-reactive ketones (excluding diaryl/α,β-unsaturated/α-hetero) is 1. The third kappa shape index (κ3) is 4.71. The minimum absolute atomic E-state index is 0.0820. The van der Waals surface area contributed by atoms with E-state index in [0.29, 0.717) is 6.54 Å². The molecule has 5 heteroatoms. The molecule has 0 saturated heterocycles. The van der Waals surface area contributed by atoms with Crippen molar-refractivity contribution in [1.29, 1.82) is 0 Å². The normalized spacial score (nSPS) is 11.8. The predicted octanol–water partition coefficient (Wildman–Crippen LogP) is 3.09. The Kier molecular flexibility index (Phi) is 5.57. The van der Waals surface area contributed by atoms with Crippen LogP contribution in [-0.4, -0.2) is 28.6 Å². The number of carbonyl (C=O) groups is 2. The van der Waals surface area contributed by atoms with Crippen LogP contribution in [0.25, 0.3) is 0 Å². The maximum absolute atomic E-state index is 13.2. The summed E-state index contributed by atoms with van der Waals surface area (Å²) in [6, 6.07) is 11.0. The number of nitrogens with zero attached hydrogens (tertiary/aromatic N) is 2. The Hall–Kier alpha value is -2.56. The molecule has 0 spiro atoms. The lowest BCUT2D eigenvalue weighted by Gasteiger charge is -2.19. The molecule has 2 rings (SSSR count). The van der Waals surface area contributed by atoms with E-state index < -0.39 is 11.7 Å². The zero-order chi connectivity index (χ0) is 16.8. The van der Waals surface area contributed by atoms with E-state index in [-0.39, 0.29) is 23.7 Å². The van der Waals surface area contributed by atoms with Crippen LogP contribution in [0, 0.1) is 11.7 Å². The summed E-state index contributed by atoms with van der Waals surface area (Å²) < 4.78 is 13.2. The molecule has 23 heavy (non-hydrogen) atoms. The van der Waals surface area contributed by atoms with E-state index >= 15 is 0 Å². The van der Waals surface area contributed by atoms with Crippen LogP contribution < -0.4 is 0 Å². The van der Waals surface area contributed by atoms with Crippen molar-refractivity contribution >= 4 is 11.7 Å². The molecule has 0 radical (unpaired) electrons. The summed E-state index contributed by atoms with van der Waals surface area (Å²) in [4.78, 5) is 30.2. The molecule has 1 amide bonds. The largest absolute Gasteiger partial charge is 0.340 e. The van der Waals surface area contributed by atoms with E-state index in [9.17, 15) is 14.0 Å². The van der Waals surface area contributed by atoms with Crippen LogP contribution in [0.15, 0.2) is 48.7 Å². The minimum atomic E-state index is -0.504. The molecule has 1 aromatic carbocycles. The number of hydrogen-bond donors (Lipinski definition) is 0. The van der Waals surface area contributed by atoms with Gasteiger partial charge in [-0.25, -0.2) is 4.39 Å². The summed E-state index contributed by atoms with van der Waals surface area (Å²) in [5.41, 5.74) is 1.07. The highest BCUT2D eigenvalue weighted by molar-refractivity contribution is 5.99. The lowest BCUT2D eigenvalue weighted by molar-refractivity contribution is -0.131. The number of pyridine rings is 1. The number of benzene rings is 1. The number of rotatable bonds is 6. The number of halogens is 1. The van der Waals surface area contributed by atoms with Gasteiger partial charge in [0.25, 0.3) is 0 Å². The van der Waals surface area contributed by atoms with Gasteiger partial charge in [-0.2, -0.15) is 0 Å². The Morgan fingerprint density at radius 1 is 1.22 bits per heavy atom. The number of hydrogen-bond acceptors (Lipinski definition) is 3. The lowest BCUT2D eigenvalue weighted by atomic mass is 9.96. The maximum atomic E-state index is 13.2. The fourth-order valence-corrected chi connectivity index (χ4v) is 2.26. The van der Waals surface area contributed by atoms with E-state index in [4.69, 9.17) is 0 Å². The van der Waals surface area contributed by atoms with Gasteiger partial charge in [-0.15, -0.1) is 0 Å². The van der Waals surface area contributed by atoms with Crippen molar-refractivity contribution in [3.63, 3.8) is 0 Å². The highest BCUT2D eigenvalue weighted by Crippen LogP contribution is 2.15. The fourth-order valence-electron chi connectivity index (χ4n) is 2.26. The molecule has 120 valence electrons. The molecule has 1 aromatic heterocycles. The molecule has 2 aromatic rings. The van der Waals surface area contributed by atoms with Gasteiger partial charge >= 0.3 is 0 Å². The topological polar surface area (TPSA) is 50.3 Å². The smallest absolute Gasteiger partial charge is 0.223 e. The average Bonchev–Trinajstić information content (AvgIpc) is 2.54. The first-order valence-electron chi connectivity index (χ1n) is 7.41. The Bertz CT molecular complexity index is 688. The summed E-state index contributed by atoms with van der Waals surface area (Å²) in [7, 11) is 1.68. The second kappa shape index (κ2) is 7.63. The van der Waals surface area contributed by atoms with E-state index in [1.54, 1.807) is 26.2 Å². The molecule has 0 aliphatic rings. The van der Waals surface area contributed by atoms with Crippen LogP contribution in [0.3, 0.4) is 0 Å². The minimum Gasteiger partial charge on any atom is -0.340 e. The number of ketones is 1. The zero-order valence-corrected chi connectivity index (χ0v) is 13.2. The first-order valence-corrected chi connectivity index (χ1v) is 7.41. The number of aromatic nitrogens is 1. The molecule has 0 fully saturated rings. The summed E-state index contributed by atoms with van der Waals surface area (Å²) in [6.07, 6.45) is 1.75. The third-order valence-electron chi connectivity index (χ3n) is 3.59. The van der Waals surface area contributed by atoms with E-state index in [1.807, 2.05) is 18.2 Å². The molecule has 1 heterocycles. The highest BCUT2D eigenvalue weighted by atomic mass is 19.1. The first kappa shape index (κ1) is 16.8. The van der Waals surface area contributed by atoms with Crippen molar-refractivity contribution in [3.05, 3.63) is 65.7 Å². The summed E-state index contributed by atoms with van der Waals surface area (Å²) in [6.45, 7) is 2.07. The van der Waals surface area contributed by atoms with Crippen molar-refractivity contribution in [2.45, 2.75) is 19.9 Å². The average molecular weight is 314 g/mol. The van der Waals surface area contributed by atoms with E-state index in [2.05, 4.69) is 4.98 Å². The zero-order valence-electron chi connectivity index (χ0n) is 13.2. The van der Waals surface area contributed by atoms with Gasteiger partial charge in [0.2, 0.25) is 5.91 Å². The highest BCUT2D eigenvalue weighted by Gasteiger charge is 2.21. The second-order valence-corrected chi connectivity index (χ2v) is 5.55. The number of carbonyl (C=O) groups excluding carboxylic acids is 2. The molecule has 0 aliphatic carbocycles. The molecule has 0 saturated carbocycles. The molecule has 0 bridgehead atoms. The molecule has 0 unspecified atom stereocenters. The van der Waals surface area contributed by atoms with Gasteiger partial charge in [0.1, 0.15) is 5.82 Å². The van der Waals surface area contributed by atoms with Crippen LogP contribution >= 0.6 is 0 Å². The molecule has 4 nitrogen and oxygen atoms in total. The van der Waals surface area contributed by atoms with Gasteiger partial charge in [-0.3, -0.25) is 14.6 Å². The third-order valence-corrected chi connectivity index (χ3v) is 3.59. The molecular formula is C18H19FN2O2. The summed E-state index contributed by atoms with van der Waals surface area (Å²) in [5.74, 6) is -1.34. The monoisotopic (exact) mass is 314 g/mol. The van der Waals surface area contributed by atoms with Crippen molar-refractivity contribution in [3.8, 4) is 0 Å². The Morgan fingerprint density at radius 2 is 2.00 bits per heavy atom. The molecule has 1 atom stereocenters. The SMILES string of the molecule is C[C@H](CC(=O)N(C)Cc1ccccn1)C(=O)c1cccc(F)c1. The maximum Gasteiger partial charge on any atom is 0.223 e. The molecular weight excluding hydrogens is 295 g/mol. The quantitative estimate of drug-likeness (QED) is 0.770. The van der Waals surface area contributed by atoms with Gasteiger partial charge in [-0.1, -0.05) is 25.1 Å². The van der Waals surface area contributed by atoms with Crippen molar-refractivity contribution in [1.82, 2.24) is 9.88 Å². The van der Waals surface area contributed by atoms with Crippen molar-refractivity contribution in [2.75, 3.05) is 7.05 Å².